The number of hydrogen-bond donors (Lipinski definition) is 2. The van der Waals surface area contributed by atoms with Crippen molar-refractivity contribution in [2.24, 2.45) is 5.73 Å². The summed E-state index contributed by atoms with van der Waals surface area (Å²) in [6.45, 7) is 0. The Hall–Kier alpha value is -1.39. The van der Waals surface area contributed by atoms with Crippen LogP contribution in [-0.4, -0.2) is 17.0 Å². The van der Waals surface area contributed by atoms with Gasteiger partial charge in [-0.05, 0) is 0 Å². The number of aliphatic carboxylic acids is 1. The first-order chi connectivity index (χ1) is 4.04. The van der Waals surface area contributed by atoms with Gasteiger partial charge in [-0.25, -0.2) is 4.79 Å². The van der Waals surface area contributed by atoms with Gasteiger partial charge in [0.05, 0.1) is 0 Å². The first kappa shape index (κ1) is 7.61. The molecule has 9 heavy (non-hydrogen) atoms. The highest BCUT2D eigenvalue weighted by Gasteiger charge is 2.05. The third-order valence-corrected chi connectivity index (χ3v) is 0.473. The van der Waals surface area contributed by atoms with Gasteiger partial charge in [0.2, 0.25) is 11.7 Å². The molecular weight excluding hydrogens is 129 g/mol. The number of carbonyl (C=O) groups excluding carboxylic acids is 1. The Morgan fingerprint density at radius 2 is 2.00 bits per heavy atom. The molecule has 0 aliphatic heterocycles. The zero-order valence-corrected chi connectivity index (χ0v) is 4.30. The normalized spacial score (nSPS) is 11.0. The third kappa shape index (κ3) is 3.22. The quantitative estimate of drug-likeness (QED) is 0.494. The molecule has 0 aliphatic carbocycles. The van der Waals surface area contributed by atoms with Crippen LogP contribution in [0.3, 0.4) is 0 Å². The van der Waals surface area contributed by atoms with Crippen LogP contribution >= 0.6 is 0 Å². The fourth-order valence-corrected chi connectivity index (χ4v) is 0.187. The first-order valence-corrected chi connectivity index (χ1v) is 1.94. The number of carboxylic acids is 1. The summed E-state index contributed by atoms with van der Waals surface area (Å²) in [6.07, 6.45) is 0.197. The smallest absolute Gasteiger partial charge is 0.364 e. The maximum atomic E-state index is 11.7. The highest BCUT2D eigenvalue weighted by molar-refractivity contribution is 5.95. The topological polar surface area (TPSA) is 80.4 Å². The molecule has 0 spiro atoms. The minimum Gasteiger partial charge on any atom is -0.476 e. The highest BCUT2D eigenvalue weighted by Crippen LogP contribution is 1.92. The van der Waals surface area contributed by atoms with Crippen molar-refractivity contribution < 1.29 is 19.1 Å². The highest BCUT2D eigenvalue weighted by atomic mass is 19.1. The number of rotatable bonds is 2. The Bertz CT molecular complexity index is 175. The molecule has 0 aromatic heterocycles. The second kappa shape index (κ2) is 2.81. The summed E-state index contributed by atoms with van der Waals surface area (Å²) in [7, 11) is 0. The van der Waals surface area contributed by atoms with Crippen LogP contribution in [0.4, 0.5) is 4.39 Å². The van der Waals surface area contributed by atoms with Gasteiger partial charge in [-0.3, -0.25) is 4.79 Å². The zero-order chi connectivity index (χ0) is 7.44. The van der Waals surface area contributed by atoms with Crippen LogP contribution in [0.1, 0.15) is 0 Å². The van der Waals surface area contributed by atoms with Gasteiger partial charge in [0.25, 0.3) is 0 Å². The Balaban J connectivity index is 4.17. The van der Waals surface area contributed by atoms with Crippen molar-refractivity contribution in [3.05, 3.63) is 11.9 Å². The lowest BCUT2D eigenvalue weighted by Gasteiger charge is -1.82. The predicted molar refractivity (Wildman–Crippen MR) is 26.0 cm³/mol. The van der Waals surface area contributed by atoms with E-state index < -0.39 is 17.7 Å². The van der Waals surface area contributed by atoms with Gasteiger partial charge in [-0.2, -0.15) is 4.39 Å². The molecule has 0 rings (SSSR count). The summed E-state index contributed by atoms with van der Waals surface area (Å²) < 4.78 is 11.7. The summed E-state index contributed by atoms with van der Waals surface area (Å²) in [5.74, 6) is -4.47. The lowest BCUT2D eigenvalue weighted by atomic mass is 10.4. The number of carboxylic acid groups (broad SMARTS) is 1. The molecule has 0 unspecified atom stereocenters. The third-order valence-electron chi connectivity index (χ3n) is 0.473. The SMILES string of the molecule is NC(=O)C=C(F)C(=O)O. The minimum absolute atomic E-state index is 0.197. The minimum atomic E-state index is -1.80. The average Bonchev–Trinajstić information content (AvgIpc) is 1.63. The van der Waals surface area contributed by atoms with E-state index in [2.05, 4.69) is 5.73 Å². The molecule has 4 nitrogen and oxygen atoms in total. The molecule has 0 saturated heterocycles. The number of halogens is 1. The number of carbonyl (C=O) groups is 2. The van der Waals surface area contributed by atoms with Crippen LogP contribution in [0.2, 0.25) is 0 Å². The van der Waals surface area contributed by atoms with E-state index in [4.69, 9.17) is 5.11 Å². The second-order valence-electron chi connectivity index (χ2n) is 1.20. The first-order valence-electron chi connectivity index (χ1n) is 1.94. The monoisotopic (exact) mass is 133 g/mol. The summed E-state index contributed by atoms with van der Waals surface area (Å²) in [6, 6.07) is 0. The Morgan fingerprint density at radius 1 is 1.56 bits per heavy atom. The molecule has 0 aromatic carbocycles. The maximum absolute atomic E-state index is 11.7. The molecule has 0 aliphatic rings. The molecule has 0 bridgehead atoms. The van der Waals surface area contributed by atoms with Crippen molar-refractivity contribution >= 4 is 11.9 Å². The van der Waals surface area contributed by atoms with Crippen LogP contribution in [0, 0.1) is 0 Å². The zero-order valence-electron chi connectivity index (χ0n) is 4.30. The van der Waals surface area contributed by atoms with Crippen LogP contribution in [-0.2, 0) is 9.59 Å². The van der Waals surface area contributed by atoms with E-state index in [0.717, 1.165) is 0 Å². The Morgan fingerprint density at radius 3 is 2.11 bits per heavy atom. The fourth-order valence-electron chi connectivity index (χ4n) is 0.187. The fraction of sp³-hybridized carbons (Fsp3) is 0. The number of primary amides is 1. The second-order valence-corrected chi connectivity index (χ2v) is 1.20. The van der Waals surface area contributed by atoms with E-state index in [9.17, 15) is 14.0 Å². The van der Waals surface area contributed by atoms with Crippen molar-refractivity contribution in [3.8, 4) is 0 Å². The van der Waals surface area contributed by atoms with Crippen LogP contribution < -0.4 is 5.73 Å². The van der Waals surface area contributed by atoms with Crippen LogP contribution in [0.5, 0.6) is 0 Å². The van der Waals surface area contributed by atoms with Gasteiger partial charge in [0.15, 0.2) is 0 Å². The molecule has 3 N–H and O–H groups in total. The van der Waals surface area contributed by atoms with Gasteiger partial charge < -0.3 is 10.8 Å². The number of hydrogen-bond acceptors (Lipinski definition) is 2. The maximum Gasteiger partial charge on any atom is 0.364 e. The molecule has 0 fully saturated rings. The van der Waals surface area contributed by atoms with Crippen molar-refractivity contribution in [2.75, 3.05) is 0 Å². The van der Waals surface area contributed by atoms with E-state index >= 15 is 0 Å². The Labute approximate surface area is 49.8 Å². The molecular formula is C4H4FNO3. The summed E-state index contributed by atoms with van der Waals surface area (Å²) in [5.41, 5.74) is 4.41. The van der Waals surface area contributed by atoms with E-state index in [1.165, 1.54) is 0 Å². The van der Waals surface area contributed by atoms with Gasteiger partial charge >= 0.3 is 5.97 Å². The molecule has 0 atom stereocenters. The van der Waals surface area contributed by atoms with E-state index in [1.54, 1.807) is 0 Å². The molecule has 0 heterocycles. The van der Waals surface area contributed by atoms with Crippen molar-refractivity contribution in [3.63, 3.8) is 0 Å². The summed E-state index contributed by atoms with van der Waals surface area (Å²) in [4.78, 5) is 19.3. The van der Waals surface area contributed by atoms with Gasteiger partial charge in [0, 0.05) is 6.08 Å². The van der Waals surface area contributed by atoms with Gasteiger partial charge in [0.1, 0.15) is 0 Å². The summed E-state index contributed by atoms with van der Waals surface area (Å²) in [5, 5.41) is 7.78. The number of nitrogens with two attached hydrogens (primary N) is 1. The lowest BCUT2D eigenvalue weighted by Crippen LogP contribution is -2.08. The molecule has 0 radical (unpaired) electrons. The van der Waals surface area contributed by atoms with Crippen molar-refractivity contribution in [1.82, 2.24) is 0 Å². The lowest BCUT2D eigenvalue weighted by molar-refractivity contribution is -0.134. The van der Waals surface area contributed by atoms with Gasteiger partial charge in [-0.1, -0.05) is 0 Å². The molecule has 5 heteroatoms. The molecule has 0 aromatic rings. The predicted octanol–water partition coefficient (Wildman–Crippen LogP) is -0.590. The van der Waals surface area contributed by atoms with E-state index in [-0.39, 0.29) is 6.08 Å². The molecule has 1 amide bonds. The largest absolute Gasteiger partial charge is 0.476 e. The van der Waals surface area contributed by atoms with Gasteiger partial charge in [-0.15, -0.1) is 0 Å². The average molecular weight is 133 g/mol. The van der Waals surface area contributed by atoms with Crippen LogP contribution in [0.25, 0.3) is 0 Å². The van der Waals surface area contributed by atoms with E-state index in [0.29, 0.717) is 0 Å². The Kier molecular flexibility index (Phi) is 2.37. The van der Waals surface area contributed by atoms with Crippen LogP contribution in [0.15, 0.2) is 11.9 Å². The number of amides is 1. The summed E-state index contributed by atoms with van der Waals surface area (Å²) >= 11 is 0. The van der Waals surface area contributed by atoms with E-state index in [1.807, 2.05) is 0 Å². The molecule has 50 valence electrons. The van der Waals surface area contributed by atoms with Crippen molar-refractivity contribution in [2.45, 2.75) is 0 Å². The van der Waals surface area contributed by atoms with Crippen molar-refractivity contribution in [1.29, 1.82) is 0 Å². The standard InChI is InChI=1S/C4H4FNO3/c5-2(4(8)9)1-3(6)7/h1H,(H2,6,7)(H,8,9). The molecule has 0 saturated carbocycles.